The van der Waals surface area contributed by atoms with E-state index in [0.717, 1.165) is 11.3 Å². The van der Waals surface area contributed by atoms with Crippen molar-refractivity contribution in [2.75, 3.05) is 6.61 Å². The van der Waals surface area contributed by atoms with Crippen LogP contribution in [-0.2, 0) is 11.2 Å². The lowest BCUT2D eigenvalue weighted by molar-refractivity contribution is 0.0514. The van der Waals surface area contributed by atoms with Crippen LogP contribution in [0.1, 0.15) is 53.2 Å². The molecule has 1 aliphatic carbocycles. The zero-order valence-corrected chi connectivity index (χ0v) is 12.9. The topological polar surface area (TPSA) is 69.6 Å². The van der Waals surface area contributed by atoms with Gasteiger partial charge < -0.3 is 13.7 Å². The molecule has 0 N–H and O–H groups in total. The Bertz CT molecular complexity index is 861. The highest BCUT2D eigenvalue weighted by Crippen LogP contribution is 2.39. The lowest BCUT2D eigenvalue weighted by Crippen LogP contribution is -2.04. The number of carbonyl (C=O) groups is 1. The van der Waals surface area contributed by atoms with Crippen molar-refractivity contribution in [2.45, 2.75) is 32.1 Å². The second-order valence-electron chi connectivity index (χ2n) is 5.81. The van der Waals surface area contributed by atoms with Gasteiger partial charge in [-0.25, -0.2) is 9.78 Å². The van der Waals surface area contributed by atoms with Crippen molar-refractivity contribution in [1.82, 2.24) is 14.5 Å². The minimum absolute atomic E-state index is 0.196. The van der Waals surface area contributed by atoms with E-state index in [2.05, 4.69) is 22.4 Å². The molecule has 0 radical (unpaired) electrons. The maximum absolute atomic E-state index is 11.6. The van der Waals surface area contributed by atoms with Crippen LogP contribution >= 0.6 is 0 Å². The summed E-state index contributed by atoms with van der Waals surface area (Å²) in [5.74, 6) is 0.845. The molecule has 3 aromatic heterocycles. The zero-order chi connectivity index (χ0) is 15.8. The monoisotopic (exact) mass is 311 g/mol. The Balaban J connectivity index is 1.54. The Morgan fingerprint density at radius 3 is 3.04 bits per heavy atom. The Labute approximate surface area is 133 Å². The molecule has 1 aliphatic rings. The Morgan fingerprint density at radius 2 is 2.26 bits per heavy atom. The number of ether oxygens (including phenoxy) is 1. The molecular weight excluding hydrogens is 294 g/mol. The summed E-state index contributed by atoms with van der Waals surface area (Å²) in [7, 11) is 0. The number of fused-ring (bicyclic) bond motifs is 1. The minimum Gasteiger partial charge on any atom is -0.461 e. The second-order valence-corrected chi connectivity index (χ2v) is 5.81. The Morgan fingerprint density at radius 1 is 1.39 bits per heavy atom. The average molecular weight is 311 g/mol. The first-order chi connectivity index (χ1) is 11.2. The molecule has 0 spiro atoms. The number of aromatic nitrogens is 3. The molecule has 1 saturated carbocycles. The fourth-order valence-electron chi connectivity index (χ4n) is 2.68. The molecule has 6 heteroatoms. The quantitative estimate of drug-likeness (QED) is 0.678. The van der Waals surface area contributed by atoms with Crippen molar-refractivity contribution in [2.24, 2.45) is 0 Å². The first kappa shape index (κ1) is 14.0. The maximum Gasteiger partial charge on any atom is 0.360 e. The molecule has 6 nitrogen and oxygen atoms in total. The predicted octanol–water partition coefficient (Wildman–Crippen LogP) is 2.97. The maximum atomic E-state index is 11.6. The molecular formula is C17H17N3O3. The van der Waals surface area contributed by atoms with Crippen molar-refractivity contribution in [1.29, 1.82) is 0 Å². The van der Waals surface area contributed by atoms with Gasteiger partial charge in [0.1, 0.15) is 11.4 Å². The van der Waals surface area contributed by atoms with Crippen LogP contribution in [0.3, 0.4) is 0 Å². The van der Waals surface area contributed by atoms with Crippen molar-refractivity contribution >= 4 is 11.6 Å². The van der Waals surface area contributed by atoms with Gasteiger partial charge in [0.05, 0.1) is 18.7 Å². The van der Waals surface area contributed by atoms with Gasteiger partial charge in [-0.05, 0) is 37.3 Å². The second kappa shape index (κ2) is 5.53. The van der Waals surface area contributed by atoms with Gasteiger partial charge in [-0.3, -0.25) is 0 Å². The number of nitrogens with zero attached hydrogens (tertiary/aromatic N) is 3. The van der Waals surface area contributed by atoms with Crippen LogP contribution in [0.5, 0.6) is 0 Å². The van der Waals surface area contributed by atoms with Crippen molar-refractivity contribution in [3.8, 4) is 0 Å². The number of hydrogen-bond acceptors (Lipinski definition) is 5. The molecule has 0 unspecified atom stereocenters. The van der Waals surface area contributed by atoms with Gasteiger partial charge in [0.25, 0.3) is 0 Å². The fourth-order valence-corrected chi connectivity index (χ4v) is 2.68. The summed E-state index contributed by atoms with van der Waals surface area (Å²) in [6, 6.07) is 5.80. The van der Waals surface area contributed by atoms with Gasteiger partial charge in [0.2, 0.25) is 0 Å². The molecule has 23 heavy (non-hydrogen) atoms. The van der Waals surface area contributed by atoms with Crippen LogP contribution in [0.15, 0.2) is 35.1 Å². The van der Waals surface area contributed by atoms with Crippen molar-refractivity contribution in [3.05, 3.63) is 53.3 Å². The van der Waals surface area contributed by atoms with Crippen molar-refractivity contribution in [3.63, 3.8) is 0 Å². The highest BCUT2D eigenvalue weighted by molar-refractivity contribution is 5.87. The number of esters is 1. The molecule has 0 aromatic carbocycles. The van der Waals surface area contributed by atoms with Crippen LogP contribution in [0.2, 0.25) is 0 Å². The van der Waals surface area contributed by atoms with Gasteiger partial charge in [0.15, 0.2) is 5.69 Å². The third-order valence-electron chi connectivity index (χ3n) is 3.97. The van der Waals surface area contributed by atoms with Crippen LogP contribution in [0.4, 0.5) is 0 Å². The highest BCUT2D eigenvalue weighted by atomic mass is 16.5. The molecule has 0 bridgehead atoms. The lowest BCUT2D eigenvalue weighted by Gasteiger charge is -1.98. The normalized spacial score (nSPS) is 14.3. The number of imidazole rings is 1. The van der Waals surface area contributed by atoms with E-state index < -0.39 is 5.97 Å². The lowest BCUT2D eigenvalue weighted by atomic mass is 10.2. The summed E-state index contributed by atoms with van der Waals surface area (Å²) in [6.45, 7) is 2.07. The van der Waals surface area contributed by atoms with Crippen LogP contribution in [-0.4, -0.2) is 27.1 Å². The van der Waals surface area contributed by atoms with Crippen LogP contribution in [0.25, 0.3) is 5.65 Å². The third-order valence-corrected chi connectivity index (χ3v) is 3.97. The molecule has 0 amide bonds. The average Bonchev–Trinajstić information content (AvgIpc) is 3.15. The van der Waals surface area contributed by atoms with Crippen LogP contribution < -0.4 is 0 Å². The summed E-state index contributed by atoms with van der Waals surface area (Å²) in [4.78, 5) is 16.2. The first-order valence-electron chi connectivity index (χ1n) is 7.83. The van der Waals surface area contributed by atoms with Gasteiger partial charge in [-0.2, -0.15) is 0 Å². The van der Waals surface area contributed by atoms with E-state index in [9.17, 15) is 4.79 Å². The van der Waals surface area contributed by atoms with E-state index in [1.165, 1.54) is 18.4 Å². The Hall–Kier alpha value is -2.63. The summed E-state index contributed by atoms with van der Waals surface area (Å²) in [5, 5.41) is 3.75. The van der Waals surface area contributed by atoms with E-state index in [0.29, 0.717) is 24.7 Å². The van der Waals surface area contributed by atoms with E-state index in [1.54, 1.807) is 13.0 Å². The van der Waals surface area contributed by atoms with E-state index in [-0.39, 0.29) is 5.69 Å². The smallest absolute Gasteiger partial charge is 0.360 e. The van der Waals surface area contributed by atoms with E-state index in [4.69, 9.17) is 9.26 Å². The molecule has 1 fully saturated rings. The molecule has 0 aliphatic heterocycles. The number of hydrogen-bond donors (Lipinski definition) is 0. The number of pyridine rings is 1. The third kappa shape index (κ3) is 2.84. The summed E-state index contributed by atoms with van der Waals surface area (Å²) in [5.41, 5.74) is 3.35. The SMILES string of the molecule is CCOC(=O)c1cc(Cc2cn3cc(C4CC4)ccc3n2)on1. The first-order valence-corrected chi connectivity index (χ1v) is 7.83. The number of carbonyl (C=O) groups excluding carboxylic acids is 1. The molecule has 118 valence electrons. The van der Waals surface area contributed by atoms with E-state index in [1.807, 2.05) is 16.7 Å². The number of rotatable bonds is 5. The van der Waals surface area contributed by atoms with Gasteiger partial charge in [0, 0.05) is 18.5 Å². The van der Waals surface area contributed by atoms with E-state index >= 15 is 0 Å². The summed E-state index contributed by atoms with van der Waals surface area (Å²) < 4.78 is 12.2. The fraction of sp³-hybridized carbons (Fsp3) is 0.353. The summed E-state index contributed by atoms with van der Waals surface area (Å²) in [6.07, 6.45) is 7.19. The highest BCUT2D eigenvalue weighted by Gasteiger charge is 2.23. The molecule has 3 aromatic rings. The zero-order valence-electron chi connectivity index (χ0n) is 12.9. The largest absolute Gasteiger partial charge is 0.461 e. The predicted molar refractivity (Wildman–Crippen MR) is 82.4 cm³/mol. The Kier molecular flexibility index (Phi) is 3.37. The molecule has 0 atom stereocenters. The van der Waals surface area contributed by atoms with Gasteiger partial charge in [-0.15, -0.1) is 0 Å². The van der Waals surface area contributed by atoms with Crippen LogP contribution in [0, 0.1) is 0 Å². The van der Waals surface area contributed by atoms with Crippen molar-refractivity contribution < 1.29 is 14.1 Å². The molecule has 4 rings (SSSR count). The molecule has 3 heterocycles. The standard InChI is InChI=1S/C17H17N3O3/c1-2-22-17(21)15-8-14(23-19-15)7-13-10-20-9-12(11-3-4-11)5-6-16(20)18-13/h5-6,8-11H,2-4,7H2,1H3. The van der Waals surface area contributed by atoms with Gasteiger partial charge >= 0.3 is 5.97 Å². The van der Waals surface area contributed by atoms with Gasteiger partial charge in [-0.1, -0.05) is 11.2 Å². The molecule has 0 saturated heterocycles. The minimum atomic E-state index is -0.466. The summed E-state index contributed by atoms with van der Waals surface area (Å²) >= 11 is 0.